The first-order valence-corrected chi connectivity index (χ1v) is 10.2. The van der Waals surface area contributed by atoms with E-state index in [-0.39, 0.29) is 23.0 Å². The maximum Gasteiger partial charge on any atom is 0.433 e. The second-order valence-electron chi connectivity index (χ2n) is 7.34. The van der Waals surface area contributed by atoms with Gasteiger partial charge in [-0.15, -0.1) is 0 Å². The van der Waals surface area contributed by atoms with Crippen molar-refractivity contribution in [2.45, 2.75) is 38.1 Å². The largest absolute Gasteiger partial charge is 0.433 e. The summed E-state index contributed by atoms with van der Waals surface area (Å²) in [6, 6.07) is 8.90. The molecule has 0 unspecified atom stereocenters. The van der Waals surface area contributed by atoms with Crippen LogP contribution in [0.1, 0.15) is 29.7 Å². The van der Waals surface area contributed by atoms with E-state index in [1.807, 2.05) is 29.2 Å². The van der Waals surface area contributed by atoms with Gasteiger partial charge in [-0.25, -0.2) is 4.98 Å². The Bertz CT molecular complexity index is 918. The standard InChI is InChI=1S/C20H22F3N5OS/c21-20(22,23)16-10-17(28-8-7-13-4-1-2-5-14(13)12-28)26-18(25-16)27-19(30)24-11-15-6-3-9-29-15/h1-2,4-5,10,15H,3,6-9,11-12H2,(H2,24,25,26,27,30)/t15-/m0/s1. The summed E-state index contributed by atoms with van der Waals surface area (Å²) < 4.78 is 45.8. The van der Waals surface area contributed by atoms with E-state index in [0.717, 1.165) is 30.9 Å². The SMILES string of the molecule is FC(F)(F)c1cc(N2CCc3ccccc3C2)nc(NC(=S)NC[C@@H]2CCCO2)n1. The molecule has 2 aromatic rings. The van der Waals surface area contributed by atoms with Crippen LogP contribution in [0.3, 0.4) is 0 Å². The molecule has 1 aromatic heterocycles. The van der Waals surface area contributed by atoms with Crippen LogP contribution in [-0.2, 0) is 23.9 Å². The van der Waals surface area contributed by atoms with Gasteiger partial charge < -0.3 is 20.3 Å². The van der Waals surface area contributed by atoms with E-state index in [0.29, 0.717) is 26.2 Å². The van der Waals surface area contributed by atoms with Crippen molar-refractivity contribution in [1.82, 2.24) is 15.3 Å². The molecule has 2 N–H and O–H groups in total. The Morgan fingerprint density at radius 1 is 1.23 bits per heavy atom. The van der Waals surface area contributed by atoms with E-state index in [1.165, 1.54) is 5.56 Å². The number of rotatable bonds is 4. The van der Waals surface area contributed by atoms with Crippen LogP contribution in [0.4, 0.5) is 24.9 Å². The molecule has 1 fully saturated rings. The van der Waals surface area contributed by atoms with E-state index >= 15 is 0 Å². The third-order valence-electron chi connectivity index (χ3n) is 5.20. The minimum Gasteiger partial charge on any atom is -0.376 e. The molecular weight excluding hydrogens is 415 g/mol. The Morgan fingerprint density at radius 3 is 2.77 bits per heavy atom. The van der Waals surface area contributed by atoms with Crippen LogP contribution in [0.5, 0.6) is 0 Å². The Hall–Kier alpha value is -2.46. The average Bonchev–Trinajstić information content (AvgIpc) is 3.25. The summed E-state index contributed by atoms with van der Waals surface area (Å²) in [5, 5.41) is 5.82. The van der Waals surface area contributed by atoms with E-state index in [4.69, 9.17) is 17.0 Å². The zero-order valence-corrected chi connectivity index (χ0v) is 17.0. The van der Waals surface area contributed by atoms with Crippen molar-refractivity contribution >= 4 is 29.1 Å². The summed E-state index contributed by atoms with van der Waals surface area (Å²) in [6.07, 6.45) is -1.88. The van der Waals surface area contributed by atoms with Crippen molar-refractivity contribution in [3.63, 3.8) is 0 Å². The summed E-state index contributed by atoms with van der Waals surface area (Å²) in [6.45, 7) is 2.27. The molecule has 0 aliphatic carbocycles. The molecule has 4 rings (SSSR count). The maximum atomic E-state index is 13.4. The summed E-state index contributed by atoms with van der Waals surface area (Å²) in [4.78, 5) is 9.77. The lowest BCUT2D eigenvalue weighted by atomic mass is 10.00. The number of nitrogens with zero attached hydrogens (tertiary/aromatic N) is 3. The van der Waals surface area contributed by atoms with Crippen LogP contribution >= 0.6 is 12.2 Å². The number of hydrogen-bond donors (Lipinski definition) is 2. The second kappa shape index (κ2) is 8.73. The molecule has 6 nitrogen and oxygen atoms in total. The fourth-order valence-corrected chi connectivity index (χ4v) is 3.82. The molecule has 0 radical (unpaired) electrons. The molecule has 3 heterocycles. The van der Waals surface area contributed by atoms with Crippen LogP contribution < -0.4 is 15.5 Å². The number of hydrogen-bond acceptors (Lipinski definition) is 5. The fourth-order valence-electron chi connectivity index (χ4n) is 3.65. The molecule has 1 aromatic carbocycles. The van der Waals surface area contributed by atoms with E-state index < -0.39 is 11.9 Å². The molecule has 0 bridgehead atoms. The molecule has 0 spiro atoms. The van der Waals surface area contributed by atoms with Gasteiger partial charge in [0.1, 0.15) is 5.82 Å². The molecule has 0 amide bonds. The number of nitrogens with one attached hydrogen (secondary N) is 2. The number of anilines is 2. The fraction of sp³-hybridized carbons (Fsp3) is 0.450. The van der Waals surface area contributed by atoms with Crippen molar-refractivity contribution in [2.24, 2.45) is 0 Å². The quantitative estimate of drug-likeness (QED) is 0.710. The lowest BCUT2D eigenvalue weighted by molar-refractivity contribution is -0.141. The van der Waals surface area contributed by atoms with Gasteiger partial charge in [0.25, 0.3) is 0 Å². The van der Waals surface area contributed by atoms with Crippen molar-refractivity contribution in [3.8, 4) is 0 Å². The van der Waals surface area contributed by atoms with Gasteiger partial charge >= 0.3 is 6.18 Å². The van der Waals surface area contributed by atoms with Crippen LogP contribution in [0, 0.1) is 0 Å². The second-order valence-corrected chi connectivity index (χ2v) is 7.75. The molecule has 2 aliphatic heterocycles. The van der Waals surface area contributed by atoms with E-state index in [2.05, 4.69) is 20.6 Å². The highest BCUT2D eigenvalue weighted by Gasteiger charge is 2.34. The zero-order chi connectivity index (χ0) is 21.1. The summed E-state index contributed by atoms with van der Waals surface area (Å²) >= 11 is 5.21. The van der Waals surface area contributed by atoms with Gasteiger partial charge in [-0.05, 0) is 42.6 Å². The minimum absolute atomic E-state index is 0.0520. The number of ether oxygens (including phenoxy) is 1. The Kier molecular flexibility index (Phi) is 6.05. The van der Waals surface area contributed by atoms with Gasteiger partial charge in [0, 0.05) is 32.3 Å². The molecular formula is C20H22F3N5OS. The summed E-state index contributed by atoms with van der Waals surface area (Å²) in [7, 11) is 0. The highest BCUT2D eigenvalue weighted by atomic mass is 32.1. The van der Waals surface area contributed by atoms with Gasteiger partial charge in [0.05, 0.1) is 6.10 Å². The molecule has 30 heavy (non-hydrogen) atoms. The Morgan fingerprint density at radius 2 is 2.03 bits per heavy atom. The molecule has 2 aliphatic rings. The number of aromatic nitrogens is 2. The number of halogens is 3. The number of fused-ring (bicyclic) bond motifs is 1. The van der Waals surface area contributed by atoms with Gasteiger partial charge in [-0.2, -0.15) is 18.2 Å². The molecule has 10 heteroatoms. The smallest absolute Gasteiger partial charge is 0.376 e. The van der Waals surface area contributed by atoms with Gasteiger partial charge in [0.15, 0.2) is 10.8 Å². The van der Waals surface area contributed by atoms with Crippen molar-refractivity contribution in [1.29, 1.82) is 0 Å². The normalized spacial score (nSPS) is 18.8. The first kappa shape index (κ1) is 20.8. The van der Waals surface area contributed by atoms with Crippen LogP contribution in [0.15, 0.2) is 30.3 Å². The topological polar surface area (TPSA) is 62.3 Å². The summed E-state index contributed by atoms with van der Waals surface area (Å²) in [5.41, 5.74) is 1.28. The average molecular weight is 437 g/mol. The maximum absolute atomic E-state index is 13.4. The molecule has 1 saturated heterocycles. The van der Waals surface area contributed by atoms with Crippen LogP contribution in [0.2, 0.25) is 0 Å². The van der Waals surface area contributed by atoms with Gasteiger partial charge in [-0.1, -0.05) is 24.3 Å². The number of benzene rings is 1. The Balaban J connectivity index is 1.51. The number of alkyl halides is 3. The minimum atomic E-state index is -4.59. The van der Waals surface area contributed by atoms with E-state index in [1.54, 1.807) is 0 Å². The third-order valence-corrected chi connectivity index (χ3v) is 5.44. The van der Waals surface area contributed by atoms with Gasteiger partial charge in [0.2, 0.25) is 5.95 Å². The van der Waals surface area contributed by atoms with Crippen molar-refractivity contribution < 1.29 is 17.9 Å². The lowest BCUT2D eigenvalue weighted by Gasteiger charge is -2.30. The lowest BCUT2D eigenvalue weighted by Crippen LogP contribution is -2.36. The van der Waals surface area contributed by atoms with Crippen LogP contribution in [-0.4, -0.2) is 40.9 Å². The van der Waals surface area contributed by atoms with Crippen molar-refractivity contribution in [3.05, 3.63) is 47.2 Å². The highest BCUT2D eigenvalue weighted by molar-refractivity contribution is 7.80. The van der Waals surface area contributed by atoms with Crippen molar-refractivity contribution in [2.75, 3.05) is 29.9 Å². The first-order valence-electron chi connectivity index (χ1n) is 9.83. The molecule has 0 saturated carbocycles. The summed E-state index contributed by atoms with van der Waals surface area (Å²) in [5.74, 6) is 0.0415. The zero-order valence-electron chi connectivity index (χ0n) is 16.2. The monoisotopic (exact) mass is 437 g/mol. The highest BCUT2D eigenvalue weighted by Crippen LogP contribution is 2.32. The third kappa shape index (κ3) is 4.99. The Labute approximate surface area is 177 Å². The number of thiocarbonyl (C=S) groups is 1. The van der Waals surface area contributed by atoms with Crippen LogP contribution in [0.25, 0.3) is 0 Å². The van der Waals surface area contributed by atoms with Gasteiger partial charge in [-0.3, -0.25) is 0 Å². The molecule has 160 valence electrons. The molecule has 1 atom stereocenters. The first-order chi connectivity index (χ1) is 14.4. The van der Waals surface area contributed by atoms with E-state index in [9.17, 15) is 13.2 Å². The predicted octanol–water partition coefficient (Wildman–Crippen LogP) is 3.52. The predicted molar refractivity (Wildman–Crippen MR) is 111 cm³/mol.